The first-order chi connectivity index (χ1) is 20.1. The lowest BCUT2D eigenvalue weighted by Gasteiger charge is -2.22. The molecule has 42 heavy (non-hydrogen) atoms. The van der Waals surface area contributed by atoms with E-state index in [9.17, 15) is 9.59 Å². The van der Waals surface area contributed by atoms with E-state index in [2.05, 4.69) is 0 Å². The molecule has 0 heterocycles. The van der Waals surface area contributed by atoms with Crippen molar-refractivity contribution in [2.45, 2.75) is 9.79 Å². The van der Waals surface area contributed by atoms with E-state index in [1.165, 1.54) is 69.9 Å². The second-order valence-electron chi connectivity index (χ2n) is 8.78. The van der Waals surface area contributed by atoms with Crippen molar-refractivity contribution in [1.29, 1.82) is 0 Å². The fourth-order valence-corrected chi connectivity index (χ4v) is 7.76. The maximum absolute atomic E-state index is 13.4. The zero-order chi connectivity index (χ0) is 30.6. The highest BCUT2D eigenvalue weighted by molar-refractivity contribution is 8.76. The second kappa shape index (κ2) is 14.2. The minimum Gasteiger partial charge on any atom is -0.494 e. The van der Waals surface area contributed by atoms with Crippen LogP contribution in [0, 0.1) is 0 Å². The summed E-state index contributed by atoms with van der Waals surface area (Å²) in [4.78, 5) is 31.5. The van der Waals surface area contributed by atoms with Gasteiger partial charge in [0.25, 0.3) is 11.8 Å². The Labute approximate surface area is 272 Å². The molecule has 0 unspecified atom stereocenters. The Morgan fingerprint density at radius 3 is 1.21 bits per heavy atom. The topological polar surface area (TPSA) is 59.1 Å². The molecule has 4 aromatic carbocycles. The summed E-state index contributed by atoms with van der Waals surface area (Å²) in [5.74, 6) is 0.0412. The number of hydrogen-bond donors (Lipinski definition) is 0. The number of methoxy groups -OCH3 is 2. The first-order valence-electron chi connectivity index (χ1n) is 12.2. The molecule has 218 valence electrons. The van der Waals surface area contributed by atoms with Crippen LogP contribution in [0.3, 0.4) is 0 Å². The van der Waals surface area contributed by atoms with Crippen LogP contribution in [0.15, 0.2) is 82.6 Å². The van der Waals surface area contributed by atoms with Gasteiger partial charge in [-0.05, 0) is 48.5 Å². The van der Waals surface area contributed by atoms with Crippen molar-refractivity contribution < 1.29 is 19.1 Å². The van der Waals surface area contributed by atoms with Crippen molar-refractivity contribution in [3.05, 3.63) is 104 Å². The largest absolute Gasteiger partial charge is 0.494 e. The van der Waals surface area contributed by atoms with Crippen LogP contribution in [0.25, 0.3) is 0 Å². The van der Waals surface area contributed by atoms with E-state index in [0.29, 0.717) is 34.0 Å². The van der Waals surface area contributed by atoms with Crippen LogP contribution in [0.5, 0.6) is 11.5 Å². The van der Waals surface area contributed by atoms with Crippen LogP contribution in [-0.4, -0.2) is 40.1 Å². The van der Waals surface area contributed by atoms with E-state index in [1.54, 1.807) is 14.1 Å². The molecule has 0 aliphatic carbocycles. The molecule has 0 N–H and O–H groups in total. The van der Waals surface area contributed by atoms with Gasteiger partial charge in [-0.25, -0.2) is 0 Å². The first kappa shape index (κ1) is 32.2. The minimum absolute atomic E-state index is 0.245. The van der Waals surface area contributed by atoms with Crippen LogP contribution < -0.4 is 19.3 Å². The number of carbonyl (C=O) groups excluding carboxylic acids is 2. The molecule has 0 aromatic heterocycles. The quantitative estimate of drug-likeness (QED) is 0.164. The summed E-state index contributed by atoms with van der Waals surface area (Å²) in [5, 5.41) is 0.979. The molecule has 0 fully saturated rings. The Kier molecular flexibility index (Phi) is 10.9. The summed E-state index contributed by atoms with van der Waals surface area (Å²) in [6, 6.07) is 21.2. The van der Waals surface area contributed by atoms with Gasteiger partial charge < -0.3 is 19.3 Å². The number of anilines is 2. The molecule has 0 bridgehead atoms. The van der Waals surface area contributed by atoms with Gasteiger partial charge in [0, 0.05) is 35.0 Å². The van der Waals surface area contributed by atoms with Crippen LogP contribution >= 0.6 is 68.0 Å². The predicted molar refractivity (Wildman–Crippen MR) is 176 cm³/mol. The van der Waals surface area contributed by atoms with Gasteiger partial charge in [-0.15, -0.1) is 0 Å². The average Bonchev–Trinajstić information content (AvgIpc) is 2.98. The van der Waals surface area contributed by atoms with E-state index >= 15 is 0 Å². The normalized spacial score (nSPS) is 10.8. The van der Waals surface area contributed by atoms with Crippen molar-refractivity contribution >= 4 is 91.2 Å². The maximum atomic E-state index is 13.4. The molecule has 0 atom stereocenters. The molecule has 0 radical (unpaired) electrons. The molecule has 0 saturated carbocycles. The van der Waals surface area contributed by atoms with E-state index in [-0.39, 0.29) is 31.9 Å². The molecule has 0 saturated heterocycles. The number of rotatable bonds is 9. The molecule has 0 aliphatic rings. The van der Waals surface area contributed by atoms with Gasteiger partial charge in [0.05, 0.1) is 45.7 Å². The smallest absolute Gasteiger partial charge is 0.258 e. The fraction of sp³-hybridized carbons (Fsp3) is 0.133. The summed E-state index contributed by atoms with van der Waals surface area (Å²) in [6.45, 7) is 0. The number of halogens is 4. The lowest BCUT2D eigenvalue weighted by Crippen LogP contribution is -2.27. The van der Waals surface area contributed by atoms with E-state index in [0.717, 1.165) is 9.79 Å². The zero-order valence-corrected chi connectivity index (χ0v) is 27.4. The molecule has 6 nitrogen and oxygen atoms in total. The third-order valence-electron chi connectivity index (χ3n) is 6.18. The van der Waals surface area contributed by atoms with Gasteiger partial charge in [-0.2, -0.15) is 0 Å². The van der Waals surface area contributed by atoms with Crippen molar-refractivity contribution in [2.24, 2.45) is 0 Å². The van der Waals surface area contributed by atoms with Crippen LogP contribution in [-0.2, 0) is 0 Å². The number of amides is 2. The standard InChI is InChI=1S/C30H24Cl4N2O4S2/c1-35(29(37)17-13-19(31)27(39-3)20(32)14-17)23-9-5-7-11-25(23)41-42-26-12-8-6-10-24(26)36(2)30(38)18-15-21(33)28(40-4)22(34)16-18/h5-16H,1-4H3. The second-order valence-corrected chi connectivity index (χ2v) is 12.6. The van der Waals surface area contributed by atoms with Crippen LogP contribution in [0.2, 0.25) is 20.1 Å². The van der Waals surface area contributed by atoms with Crippen LogP contribution in [0.1, 0.15) is 20.7 Å². The highest BCUT2D eigenvalue weighted by atomic mass is 35.5. The number of nitrogens with zero attached hydrogens (tertiary/aromatic N) is 2. The van der Waals surface area contributed by atoms with Crippen LogP contribution in [0.4, 0.5) is 11.4 Å². The SMILES string of the molecule is COc1c(Cl)cc(C(=O)N(C)c2ccccc2SSc2ccccc2N(C)C(=O)c2cc(Cl)c(OC)c(Cl)c2)cc1Cl. The minimum atomic E-state index is -0.290. The summed E-state index contributed by atoms with van der Waals surface area (Å²) < 4.78 is 10.4. The van der Waals surface area contributed by atoms with Gasteiger partial charge in [0.2, 0.25) is 0 Å². The number of benzene rings is 4. The summed E-state index contributed by atoms with van der Waals surface area (Å²) in [6.07, 6.45) is 0. The summed E-state index contributed by atoms with van der Waals surface area (Å²) in [7, 11) is 9.20. The summed E-state index contributed by atoms with van der Waals surface area (Å²) in [5.41, 5.74) is 2.02. The Hall–Kier alpha value is -2.72. The lowest BCUT2D eigenvalue weighted by atomic mass is 10.1. The molecule has 12 heteroatoms. The van der Waals surface area contributed by atoms with E-state index < -0.39 is 0 Å². The number of carbonyl (C=O) groups is 2. The molecule has 4 aromatic rings. The molecule has 0 spiro atoms. The average molecular weight is 682 g/mol. The van der Waals surface area contributed by atoms with Gasteiger partial charge in [-0.3, -0.25) is 9.59 Å². The molecule has 0 aliphatic heterocycles. The first-order valence-corrected chi connectivity index (χ1v) is 15.9. The van der Waals surface area contributed by atoms with Crippen molar-refractivity contribution in [3.63, 3.8) is 0 Å². The molecular formula is C30H24Cl4N2O4S2. The number of hydrogen-bond acceptors (Lipinski definition) is 6. The van der Waals surface area contributed by atoms with Crippen molar-refractivity contribution in [3.8, 4) is 11.5 Å². The van der Waals surface area contributed by atoms with E-state index in [1.807, 2.05) is 48.5 Å². The predicted octanol–water partition coefficient (Wildman–Crippen LogP) is 9.67. The Bertz CT molecular complexity index is 1490. The number of para-hydroxylation sites is 2. The third-order valence-corrected chi connectivity index (χ3v) is 9.77. The van der Waals surface area contributed by atoms with E-state index in [4.69, 9.17) is 55.9 Å². The van der Waals surface area contributed by atoms with Crippen molar-refractivity contribution in [1.82, 2.24) is 0 Å². The third kappa shape index (κ3) is 6.91. The maximum Gasteiger partial charge on any atom is 0.258 e. The molecule has 2 amide bonds. The number of ether oxygens (including phenoxy) is 2. The van der Waals surface area contributed by atoms with Gasteiger partial charge >= 0.3 is 0 Å². The highest BCUT2D eigenvalue weighted by Gasteiger charge is 2.22. The van der Waals surface area contributed by atoms with Crippen molar-refractivity contribution in [2.75, 3.05) is 38.1 Å². The fourth-order valence-electron chi connectivity index (χ4n) is 4.06. The summed E-state index contributed by atoms with van der Waals surface area (Å²) >= 11 is 25.1. The van der Waals surface area contributed by atoms with Gasteiger partial charge in [0.1, 0.15) is 0 Å². The zero-order valence-electron chi connectivity index (χ0n) is 22.8. The van der Waals surface area contributed by atoms with Gasteiger partial charge in [0.15, 0.2) is 11.5 Å². The Morgan fingerprint density at radius 1 is 0.595 bits per heavy atom. The molecular weight excluding hydrogens is 658 g/mol. The van der Waals surface area contributed by atoms with Gasteiger partial charge in [-0.1, -0.05) is 92.3 Å². The Balaban J connectivity index is 1.57. The monoisotopic (exact) mass is 680 g/mol. The molecule has 4 rings (SSSR count). The Morgan fingerprint density at radius 2 is 0.905 bits per heavy atom. The highest BCUT2D eigenvalue weighted by Crippen LogP contribution is 2.45. The lowest BCUT2D eigenvalue weighted by molar-refractivity contribution is 0.0985.